The third-order valence-corrected chi connectivity index (χ3v) is 5.37. The lowest BCUT2D eigenvalue weighted by Crippen LogP contribution is -2.50. The van der Waals surface area contributed by atoms with Crippen molar-refractivity contribution in [3.63, 3.8) is 0 Å². The van der Waals surface area contributed by atoms with Crippen LogP contribution >= 0.6 is 0 Å². The van der Waals surface area contributed by atoms with Crippen molar-refractivity contribution < 1.29 is 4.79 Å². The molecule has 1 aliphatic heterocycles. The summed E-state index contributed by atoms with van der Waals surface area (Å²) in [5.41, 5.74) is 0. The zero-order chi connectivity index (χ0) is 13.8. The summed E-state index contributed by atoms with van der Waals surface area (Å²) in [4.78, 5) is 14.7. The van der Waals surface area contributed by atoms with Gasteiger partial charge >= 0.3 is 0 Å². The molecule has 0 aromatic heterocycles. The number of hydrogen-bond donors (Lipinski definition) is 1. The SMILES string of the molecule is CCC1CCC(N(C)C(=O)C2CCCNC2C)CC1. The number of rotatable bonds is 3. The van der Waals surface area contributed by atoms with Gasteiger partial charge < -0.3 is 10.2 Å². The van der Waals surface area contributed by atoms with Crippen LogP contribution in [0.4, 0.5) is 0 Å². The molecular weight excluding hydrogens is 236 g/mol. The molecule has 2 aliphatic rings. The first-order valence-electron chi connectivity index (χ1n) is 8.13. The number of piperidine rings is 1. The molecule has 0 bridgehead atoms. The van der Waals surface area contributed by atoms with Crippen LogP contribution in [0.1, 0.15) is 58.8 Å². The summed E-state index contributed by atoms with van der Waals surface area (Å²) < 4.78 is 0. The van der Waals surface area contributed by atoms with Gasteiger partial charge in [0.2, 0.25) is 5.91 Å². The fraction of sp³-hybridized carbons (Fsp3) is 0.938. The lowest BCUT2D eigenvalue weighted by molar-refractivity contribution is -0.138. The van der Waals surface area contributed by atoms with Crippen LogP contribution in [0.5, 0.6) is 0 Å². The standard InChI is InChI=1S/C16H30N2O/c1-4-13-7-9-14(10-8-13)18(3)16(19)15-6-5-11-17-12(15)2/h12-15,17H,4-11H2,1-3H3. The molecule has 0 aromatic rings. The van der Waals surface area contributed by atoms with Gasteiger partial charge in [-0.15, -0.1) is 0 Å². The quantitative estimate of drug-likeness (QED) is 0.852. The van der Waals surface area contributed by atoms with Crippen LogP contribution in [0.2, 0.25) is 0 Å². The lowest BCUT2D eigenvalue weighted by atomic mass is 9.83. The highest BCUT2D eigenvalue weighted by atomic mass is 16.2. The highest BCUT2D eigenvalue weighted by Crippen LogP contribution is 2.30. The molecule has 2 rings (SSSR count). The molecule has 1 saturated carbocycles. The Morgan fingerprint density at radius 1 is 1.21 bits per heavy atom. The third kappa shape index (κ3) is 3.50. The van der Waals surface area contributed by atoms with Crippen molar-refractivity contribution in [2.75, 3.05) is 13.6 Å². The second-order valence-corrected chi connectivity index (χ2v) is 6.52. The van der Waals surface area contributed by atoms with Gasteiger partial charge in [-0.05, 0) is 57.9 Å². The van der Waals surface area contributed by atoms with E-state index in [-0.39, 0.29) is 5.92 Å². The van der Waals surface area contributed by atoms with E-state index < -0.39 is 0 Å². The Hall–Kier alpha value is -0.570. The summed E-state index contributed by atoms with van der Waals surface area (Å²) in [5, 5.41) is 3.44. The predicted octanol–water partition coefficient (Wildman–Crippen LogP) is 2.80. The minimum Gasteiger partial charge on any atom is -0.342 e. The van der Waals surface area contributed by atoms with E-state index in [2.05, 4.69) is 24.1 Å². The number of nitrogens with one attached hydrogen (secondary N) is 1. The van der Waals surface area contributed by atoms with Crippen LogP contribution in [0.25, 0.3) is 0 Å². The average Bonchev–Trinajstić information content (AvgIpc) is 2.46. The van der Waals surface area contributed by atoms with Gasteiger partial charge in [0.25, 0.3) is 0 Å². The van der Waals surface area contributed by atoms with Gasteiger partial charge in [0, 0.05) is 19.1 Å². The minimum atomic E-state index is 0.197. The molecule has 1 N–H and O–H groups in total. The maximum absolute atomic E-state index is 12.6. The van der Waals surface area contributed by atoms with Gasteiger partial charge in [0.15, 0.2) is 0 Å². The smallest absolute Gasteiger partial charge is 0.227 e. The van der Waals surface area contributed by atoms with E-state index in [1.165, 1.54) is 32.1 Å². The first-order valence-corrected chi connectivity index (χ1v) is 8.13. The van der Waals surface area contributed by atoms with Crippen molar-refractivity contribution in [1.82, 2.24) is 10.2 Å². The fourth-order valence-corrected chi connectivity index (χ4v) is 3.76. The van der Waals surface area contributed by atoms with Gasteiger partial charge in [0.05, 0.1) is 5.92 Å². The highest BCUT2D eigenvalue weighted by Gasteiger charge is 2.33. The first kappa shape index (κ1) is 14.8. The van der Waals surface area contributed by atoms with Crippen molar-refractivity contribution >= 4 is 5.91 Å². The summed E-state index contributed by atoms with van der Waals surface area (Å²) in [7, 11) is 2.03. The molecule has 1 saturated heterocycles. The van der Waals surface area contributed by atoms with E-state index in [1.807, 2.05) is 7.05 Å². The molecule has 1 heterocycles. The summed E-state index contributed by atoms with van der Waals surface area (Å²) in [6, 6.07) is 0.833. The summed E-state index contributed by atoms with van der Waals surface area (Å²) in [6.07, 6.45) is 8.51. The number of amides is 1. The Labute approximate surface area is 118 Å². The summed E-state index contributed by atoms with van der Waals surface area (Å²) in [6.45, 7) is 5.51. The van der Waals surface area contributed by atoms with Crippen molar-refractivity contribution in [3.05, 3.63) is 0 Å². The van der Waals surface area contributed by atoms with Gasteiger partial charge in [-0.2, -0.15) is 0 Å². The summed E-state index contributed by atoms with van der Waals surface area (Å²) in [5.74, 6) is 1.47. The molecule has 2 atom stereocenters. The molecule has 110 valence electrons. The lowest BCUT2D eigenvalue weighted by Gasteiger charge is -2.38. The Morgan fingerprint density at radius 2 is 1.89 bits per heavy atom. The van der Waals surface area contributed by atoms with Gasteiger partial charge in [-0.25, -0.2) is 0 Å². The van der Waals surface area contributed by atoms with E-state index in [0.29, 0.717) is 18.0 Å². The number of carbonyl (C=O) groups is 1. The van der Waals surface area contributed by atoms with E-state index in [1.54, 1.807) is 0 Å². The molecule has 0 spiro atoms. The third-order valence-electron chi connectivity index (χ3n) is 5.37. The van der Waals surface area contributed by atoms with Crippen LogP contribution in [0, 0.1) is 11.8 Å². The maximum Gasteiger partial charge on any atom is 0.227 e. The second-order valence-electron chi connectivity index (χ2n) is 6.52. The molecule has 1 amide bonds. The first-order chi connectivity index (χ1) is 9.13. The molecule has 2 fully saturated rings. The number of nitrogens with zero attached hydrogens (tertiary/aromatic N) is 1. The van der Waals surface area contributed by atoms with Crippen LogP contribution in [-0.2, 0) is 4.79 Å². The van der Waals surface area contributed by atoms with Crippen LogP contribution in [-0.4, -0.2) is 36.5 Å². The molecule has 3 nitrogen and oxygen atoms in total. The molecular formula is C16H30N2O. The Bertz CT molecular complexity index is 297. The van der Waals surface area contributed by atoms with Crippen molar-refractivity contribution in [3.8, 4) is 0 Å². The maximum atomic E-state index is 12.6. The molecule has 0 radical (unpaired) electrons. The van der Waals surface area contributed by atoms with E-state index in [4.69, 9.17) is 0 Å². The van der Waals surface area contributed by atoms with Crippen molar-refractivity contribution in [2.45, 2.75) is 70.9 Å². The van der Waals surface area contributed by atoms with Gasteiger partial charge in [-0.1, -0.05) is 13.3 Å². The minimum absolute atomic E-state index is 0.197. The van der Waals surface area contributed by atoms with E-state index in [9.17, 15) is 4.79 Å². The van der Waals surface area contributed by atoms with E-state index >= 15 is 0 Å². The predicted molar refractivity (Wildman–Crippen MR) is 79.0 cm³/mol. The topological polar surface area (TPSA) is 32.3 Å². The van der Waals surface area contributed by atoms with Crippen molar-refractivity contribution in [1.29, 1.82) is 0 Å². The zero-order valence-electron chi connectivity index (χ0n) is 12.8. The zero-order valence-corrected chi connectivity index (χ0v) is 12.8. The van der Waals surface area contributed by atoms with Crippen molar-refractivity contribution in [2.24, 2.45) is 11.8 Å². The molecule has 3 heteroatoms. The monoisotopic (exact) mass is 266 g/mol. The number of hydrogen-bond acceptors (Lipinski definition) is 2. The largest absolute Gasteiger partial charge is 0.342 e. The van der Waals surface area contributed by atoms with Crippen LogP contribution in [0.15, 0.2) is 0 Å². The molecule has 0 aromatic carbocycles. The fourth-order valence-electron chi connectivity index (χ4n) is 3.76. The number of carbonyl (C=O) groups excluding carboxylic acids is 1. The average molecular weight is 266 g/mol. The van der Waals surface area contributed by atoms with Gasteiger partial charge in [0.1, 0.15) is 0 Å². The molecule has 1 aliphatic carbocycles. The normalized spacial score (nSPS) is 35.9. The van der Waals surface area contributed by atoms with Crippen LogP contribution in [0.3, 0.4) is 0 Å². The Morgan fingerprint density at radius 3 is 2.47 bits per heavy atom. The Kier molecular flexibility index (Phi) is 5.26. The molecule has 2 unspecified atom stereocenters. The summed E-state index contributed by atoms with van der Waals surface area (Å²) >= 11 is 0. The second kappa shape index (κ2) is 6.74. The Balaban J connectivity index is 1.88. The van der Waals surface area contributed by atoms with E-state index in [0.717, 1.165) is 25.3 Å². The highest BCUT2D eigenvalue weighted by molar-refractivity contribution is 5.79. The molecule has 19 heavy (non-hydrogen) atoms. The van der Waals surface area contributed by atoms with Crippen LogP contribution < -0.4 is 5.32 Å². The van der Waals surface area contributed by atoms with Gasteiger partial charge in [-0.3, -0.25) is 4.79 Å².